The number of hydrogen-bond donors (Lipinski definition) is 1. The normalized spacial score (nSPS) is 13.0. The summed E-state index contributed by atoms with van der Waals surface area (Å²) in [6, 6.07) is 7.92. The SMILES string of the molecule is Cc1nc2c(s1)c1cnn(Cc3cccc(C(C)N)c3)c(=O)c1n2C. The molecule has 0 aliphatic carbocycles. The predicted octanol–water partition coefficient (Wildman–Crippen LogP) is 2.72. The van der Waals surface area contributed by atoms with Crippen LogP contribution in [0, 0.1) is 6.92 Å². The first kappa shape index (κ1) is 16.0. The number of hydrogen-bond acceptors (Lipinski definition) is 5. The van der Waals surface area contributed by atoms with Gasteiger partial charge in [0.15, 0.2) is 5.65 Å². The minimum atomic E-state index is -0.103. The Morgan fingerprint density at radius 1 is 1.36 bits per heavy atom. The molecule has 6 nitrogen and oxygen atoms in total. The fraction of sp³-hybridized carbons (Fsp3) is 0.278. The zero-order valence-corrected chi connectivity index (χ0v) is 15.2. The molecule has 1 aromatic carbocycles. The molecule has 0 aliphatic rings. The van der Waals surface area contributed by atoms with Gasteiger partial charge < -0.3 is 10.3 Å². The van der Waals surface area contributed by atoms with Crippen LogP contribution in [0.3, 0.4) is 0 Å². The van der Waals surface area contributed by atoms with E-state index < -0.39 is 0 Å². The Morgan fingerprint density at radius 3 is 2.92 bits per heavy atom. The third-order valence-electron chi connectivity index (χ3n) is 4.44. The zero-order valence-electron chi connectivity index (χ0n) is 14.4. The number of aromatic nitrogens is 4. The lowest BCUT2D eigenvalue weighted by Gasteiger charge is -2.09. The first-order valence-corrected chi connectivity index (χ1v) is 8.93. The van der Waals surface area contributed by atoms with Gasteiger partial charge >= 0.3 is 0 Å². The Hall–Kier alpha value is -2.51. The molecular formula is C18H19N5OS. The van der Waals surface area contributed by atoms with Gasteiger partial charge in [-0.1, -0.05) is 24.3 Å². The Balaban J connectivity index is 1.84. The highest BCUT2D eigenvalue weighted by Crippen LogP contribution is 2.30. The van der Waals surface area contributed by atoms with Crippen molar-refractivity contribution in [3.05, 3.63) is 57.0 Å². The average molecular weight is 353 g/mol. The van der Waals surface area contributed by atoms with Crippen molar-refractivity contribution in [1.82, 2.24) is 19.3 Å². The van der Waals surface area contributed by atoms with Crippen LogP contribution >= 0.6 is 11.3 Å². The maximum absolute atomic E-state index is 13.0. The lowest BCUT2D eigenvalue weighted by molar-refractivity contribution is 0.642. The van der Waals surface area contributed by atoms with E-state index >= 15 is 0 Å². The monoisotopic (exact) mass is 353 g/mol. The van der Waals surface area contributed by atoms with Crippen LogP contribution in [0.15, 0.2) is 35.3 Å². The summed E-state index contributed by atoms with van der Waals surface area (Å²) in [6.07, 6.45) is 1.77. The molecule has 0 fully saturated rings. The fourth-order valence-corrected chi connectivity index (χ4v) is 4.11. The summed E-state index contributed by atoms with van der Waals surface area (Å²) in [5.74, 6) is 0. The van der Waals surface area contributed by atoms with E-state index in [1.165, 1.54) is 4.68 Å². The Labute approximate surface area is 148 Å². The first-order valence-electron chi connectivity index (χ1n) is 8.12. The third kappa shape index (κ3) is 2.56. The van der Waals surface area contributed by atoms with Gasteiger partial charge in [0.05, 0.1) is 22.4 Å². The van der Waals surface area contributed by atoms with Crippen LogP contribution in [0.1, 0.15) is 29.1 Å². The molecule has 1 atom stereocenters. The molecule has 4 rings (SSSR count). The molecule has 128 valence electrons. The minimum Gasteiger partial charge on any atom is -0.324 e. The van der Waals surface area contributed by atoms with Gasteiger partial charge in [-0.3, -0.25) is 4.79 Å². The highest BCUT2D eigenvalue weighted by molar-refractivity contribution is 7.19. The number of rotatable bonds is 3. The van der Waals surface area contributed by atoms with Crippen LogP contribution in [0.5, 0.6) is 0 Å². The van der Waals surface area contributed by atoms with Crippen molar-refractivity contribution in [1.29, 1.82) is 0 Å². The van der Waals surface area contributed by atoms with E-state index in [1.807, 2.05) is 49.7 Å². The van der Waals surface area contributed by atoms with Crippen LogP contribution in [-0.2, 0) is 13.6 Å². The predicted molar refractivity (Wildman–Crippen MR) is 101 cm³/mol. The van der Waals surface area contributed by atoms with Crippen molar-refractivity contribution in [3.63, 3.8) is 0 Å². The second-order valence-corrected chi connectivity index (χ2v) is 7.55. The van der Waals surface area contributed by atoms with Crippen molar-refractivity contribution in [2.75, 3.05) is 0 Å². The van der Waals surface area contributed by atoms with Crippen LogP contribution < -0.4 is 11.3 Å². The van der Waals surface area contributed by atoms with Crippen molar-refractivity contribution in [2.24, 2.45) is 12.8 Å². The van der Waals surface area contributed by atoms with Gasteiger partial charge in [-0.25, -0.2) is 9.67 Å². The number of nitrogens with zero attached hydrogens (tertiary/aromatic N) is 4. The molecule has 4 aromatic rings. The summed E-state index contributed by atoms with van der Waals surface area (Å²) in [7, 11) is 1.88. The molecule has 2 N–H and O–H groups in total. The quantitative estimate of drug-likeness (QED) is 0.614. The molecule has 0 saturated heterocycles. The Kier molecular flexibility index (Phi) is 3.70. The van der Waals surface area contributed by atoms with Gasteiger partial charge in [0.2, 0.25) is 0 Å². The Bertz CT molecular complexity index is 1150. The highest BCUT2D eigenvalue weighted by atomic mass is 32.1. The second-order valence-electron chi connectivity index (χ2n) is 6.35. The van der Waals surface area contributed by atoms with Crippen LogP contribution in [0.4, 0.5) is 0 Å². The maximum Gasteiger partial charge on any atom is 0.291 e. The van der Waals surface area contributed by atoms with Gasteiger partial charge in [0.1, 0.15) is 5.52 Å². The number of benzene rings is 1. The molecule has 0 bridgehead atoms. The van der Waals surface area contributed by atoms with Gasteiger partial charge in [-0.2, -0.15) is 5.10 Å². The van der Waals surface area contributed by atoms with Crippen molar-refractivity contribution in [2.45, 2.75) is 26.4 Å². The number of fused-ring (bicyclic) bond motifs is 3. The van der Waals surface area contributed by atoms with E-state index in [0.717, 1.165) is 31.9 Å². The topological polar surface area (TPSA) is 78.7 Å². The summed E-state index contributed by atoms with van der Waals surface area (Å²) >= 11 is 1.59. The molecule has 0 radical (unpaired) electrons. The molecule has 3 heterocycles. The lowest BCUT2D eigenvalue weighted by atomic mass is 10.1. The average Bonchev–Trinajstić information content (AvgIpc) is 3.08. The molecule has 7 heteroatoms. The second kappa shape index (κ2) is 5.79. The van der Waals surface area contributed by atoms with E-state index in [4.69, 9.17) is 5.73 Å². The van der Waals surface area contributed by atoms with Crippen molar-refractivity contribution >= 4 is 32.6 Å². The van der Waals surface area contributed by atoms with Crippen molar-refractivity contribution in [3.8, 4) is 0 Å². The number of thiazole rings is 1. The summed E-state index contributed by atoms with van der Waals surface area (Å²) in [5.41, 5.74) is 9.39. The third-order valence-corrected chi connectivity index (χ3v) is 5.43. The standard InChI is InChI=1S/C18H19N5OS/c1-10(19)13-6-4-5-12(7-13)9-23-18(24)15-14(8-20-23)16-17(22(15)3)21-11(2)25-16/h4-8,10H,9,19H2,1-3H3. The molecule has 0 spiro atoms. The minimum absolute atomic E-state index is 0.0407. The molecule has 0 aliphatic heterocycles. The van der Waals surface area contributed by atoms with Crippen molar-refractivity contribution < 1.29 is 0 Å². The van der Waals surface area contributed by atoms with Gasteiger partial charge in [-0.15, -0.1) is 11.3 Å². The summed E-state index contributed by atoms with van der Waals surface area (Å²) in [4.78, 5) is 17.5. The van der Waals surface area contributed by atoms with Crippen LogP contribution in [0.2, 0.25) is 0 Å². The van der Waals surface area contributed by atoms with Gasteiger partial charge in [0, 0.05) is 18.5 Å². The number of aryl methyl sites for hydroxylation is 2. The number of nitrogens with two attached hydrogens (primary N) is 1. The zero-order chi connectivity index (χ0) is 17.7. The molecule has 0 saturated carbocycles. The highest BCUT2D eigenvalue weighted by Gasteiger charge is 2.17. The maximum atomic E-state index is 13.0. The molecule has 3 aromatic heterocycles. The van der Waals surface area contributed by atoms with E-state index in [9.17, 15) is 4.79 Å². The van der Waals surface area contributed by atoms with Gasteiger partial charge in [-0.05, 0) is 25.0 Å². The Morgan fingerprint density at radius 2 is 2.16 bits per heavy atom. The van der Waals surface area contributed by atoms with E-state index in [1.54, 1.807) is 17.5 Å². The van der Waals surface area contributed by atoms with E-state index in [2.05, 4.69) is 10.1 Å². The lowest BCUT2D eigenvalue weighted by Crippen LogP contribution is -2.24. The molecular weight excluding hydrogens is 334 g/mol. The largest absolute Gasteiger partial charge is 0.324 e. The van der Waals surface area contributed by atoms with Crippen LogP contribution in [-0.4, -0.2) is 19.3 Å². The van der Waals surface area contributed by atoms with Crippen LogP contribution in [0.25, 0.3) is 21.3 Å². The smallest absolute Gasteiger partial charge is 0.291 e. The molecule has 0 amide bonds. The van der Waals surface area contributed by atoms with Gasteiger partial charge in [0.25, 0.3) is 5.56 Å². The van der Waals surface area contributed by atoms with E-state index in [-0.39, 0.29) is 11.6 Å². The molecule has 25 heavy (non-hydrogen) atoms. The summed E-state index contributed by atoms with van der Waals surface area (Å²) in [6.45, 7) is 4.33. The summed E-state index contributed by atoms with van der Waals surface area (Å²) < 4.78 is 4.39. The summed E-state index contributed by atoms with van der Waals surface area (Å²) in [5, 5.41) is 6.24. The van der Waals surface area contributed by atoms with E-state index in [0.29, 0.717) is 12.1 Å². The first-order chi connectivity index (χ1) is 12.0. The fourth-order valence-electron chi connectivity index (χ4n) is 3.15. The molecule has 1 unspecified atom stereocenters.